The third-order valence-corrected chi connectivity index (χ3v) is 7.37. The predicted molar refractivity (Wildman–Crippen MR) is 129 cm³/mol. The molecule has 2 aromatic carbocycles. The van der Waals surface area contributed by atoms with Crippen molar-refractivity contribution in [3.05, 3.63) is 70.0 Å². The molecule has 2 atom stereocenters. The lowest BCUT2D eigenvalue weighted by Gasteiger charge is -2.45. The summed E-state index contributed by atoms with van der Waals surface area (Å²) in [5.41, 5.74) is -1.75. The van der Waals surface area contributed by atoms with Crippen molar-refractivity contribution in [2.24, 2.45) is 0 Å². The molecule has 5 nitrogen and oxygen atoms in total. The molecular weight excluding hydrogens is 531 g/mol. The standard InChI is InChI=1S/C27H30F7N3O2/c1-17-11-21(28)3-4-23(17)24-15-22(36-7-9-39-10-8-36)5-6-37(24)25(38)35(2)16-18-12-19(26(29,30)31)14-20(13-18)27(32,33)34/h3-4,11-14,22,24H,5-10,15-16H2,1-2H3/t22-,24+/m0/s1. The summed E-state index contributed by atoms with van der Waals surface area (Å²) >= 11 is 0. The first-order valence-electron chi connectivity index (χ1n) is 12.6. The lowest BCUT2D eigenvalue weighted by Crippen LogP contribution is -2.53. The quantitative estimate of drug-likeness (QED) is 0.414. The zero-order valence-corrected chi connectivity index (χ0v) is 21.6. The summed E-state index contributed by atoms with van der Waals surface area (Å²) in [5, 5.41) is 0. The molecule has 4 rings (SSSR count). The molecule has 0 N–H and O–H groups in total. The normalized spacial score (nSPS) is 21.2. The zero-order valence-electron chi connectivity index (χ0n) is 21.6. The van der Waals surface area contributed by atoms with Gasteiger partial charge in [-0.2, -0.15) is 26.3 Å². The van der Waals surface area contributed by atoms with Crippen LogP contribution in [-0.4, -0.2) is 66.7 Å². The van der Waals surface area contributed by atoms with Gasteiger partial charge in [0.25, 0.3) is 0 Å². The van der Waals surface area contributed by atoms with Crippen LogP contribution in [0.15, 0.2) is 36.4 Å². The molecule has 2 aromatic rings. The van der Waals surface area contributed by atoms with Gasteiger partial charge in [0.05, 0.1) is 30.4 Å². The summed E-state index contributed by atoms with van der Waals surface area (Å²) in [5.74, 6) is -0.420. The first-order valence-corrected chi connectivity index (χ1v) is 12.6. The van der Waals surface area contributed by atoms with E-state index in [9.17, 15) is 35.5 Å². The van der Waals surface area contributed by atoms with Gasteiger partial charge in [0.1, 0.15) is 5.82 Å². The number of carbonyl (C=O) groups excluding carboxylic acids is 1. The van der Waals surface area contributed by atoms with Crippen LogP contribution in [0.5, 0.6) is 0 Å². The predicted octanol–water partition coefficient (Wildman–Crippen LogP) is 6.26. The molecule has 0 bridgehead atoms. The average molecular weight is 562 g/mol. The Bertz CT molecular complexity index is 1150. The van der Waals surface area contributed by atoms with Crippen molar-refractivity contribution < 1.29 is 40.3 Å². The number of carbonyl (C=O) groups is 1. The second-order valence-electron chi connectivity index (χ2n) is 10.1. The number of urea groups is 1. The first-order chi connectivity index (χ1) is 18.2. The van der Waals surface area contributed by atoms with E-state index in [0.717, 1.165) is 23.6 Å². The first kappa shape index (κ1) is 29.1. The number of nitrogens with zero attached hydrogens (tertiary/aromatic N) is 3. The number of hydrogen-bond donors (Lipinski definition) is 0. The number of piperidine rings is 1. The number of likely N-dealkylation sites (tertiary alicyclic amines) is 1. The van der Waals surface area contributed by atoms with E-state index in [0.29, 0.717) is 50.3 Å². The van der Waals surface area contributed by atoms with Crippen molar-refractivity contribution in [1.29, 1.82) is 0 Å². The Labute approximate surface area is 222 Å². The Morgan fingerprint density at radius 3 is 2.15 bits per heavy atom. The smallest absolute Gasteiger partial charge is 0.379 e. The minimum atomic E-state index is -4.98. The lowest BCUT2D eigenvalue weighted by atomic mass is 9.88. The zero-order chi connectivity index (χ0) is 28.5. The van der Waals surface area contributed by atoms with Crippen LogP contribution < -0.4 is 0 Å². The van der Waals surface area contributed by atoms with Crippen molar-refractivity contribution in [2.45, 2.75) is 50.7 Å². The molecule has 0 aliphatic carbocycles. The van der Waals surface area contributed by atoms with Gasteiger partial charge in [-0.1, -0.05) is 6.07 Å². The summed E-state index contributed by atoms with van der Waals surface area (Å²) in [6, 6.07) is 4.79. The van der Waals surface area contributed by atoms with Gasteiger partial charge in [-0.25, -0.2) is 9.18 Å². The number of ether oxygens (including phenoxy) is 1. The van der Waals surface area contributed by atoms with Crippen LogP contribution in [0, 0.1) is 12.7 Å². The van der Waals surface area contributed by atoms with Gasteiger partial charge in [0, 0.05) is 39.3 Å². The number of hydrogen-bond acceptors (Lipinski definition) is 3. The van der Waals surface area contributed by atoms with Gasteiger partial charge in [-0.05, 0) is 66.8 Å². The van der Waals surface area contributed by atoms with Gasteiger partial charge < -0.3 is 14.5 Å². The van der Waals surface area contributed by atoms with E-state index < -0.39 is 47.9 Å². The summed E-state index contributed by atoms with van der Waals surface area (Å²) in [4.78, 5) is 18.6. The molecule has 0 unspecified atom stereocenters. The van der Waals surface area contributed by atoms with Crippen molar-refractivity contribution in [1.82, 2.24) is 14.7 Å². The Morgan fingerprint density at radius 1 is 0.974 bits per heavy atom. The van der Waals surface area contributed by atoms with Crippen LogP contribution in [0.4, 0.5) is 35.5 Å². The number of aryl methyl sites for hydroxylation is 1. The second-order valence-corrected chi connectivity index (χ2v) is 10.1. The number of halogens is 7. The van der Waals surface area contributed by atoms with E-state index in [1.54, 1.807) is 17.9 Å². The van der Waals surface area contributed by atoms with E-state index in [2.05, 4.69) is 4.90 Å². The fourth-order valence-corrected chi connectivity index (χ4v) is 5.43. The molecular formula is C27H30F7N3O2. The monoisotopic (exact) mass is 561 g/mol. The maximum Gasteiger partial charge on any atom is 0.416 e. The molecule has 2 aliphatic heterocycles. The second kappa shape index (κ2) is 11.3. The number of morpholine rings is 1. The molecule has 0 radical (unpaired) electrons. The number of alkyl halides is 6. The summed E-state index contributed by atoms with van der Waals surface area (Å²) < 4.78 is 99.3. The molecule has 2 aliphatic rings. The third-order valence-electron chi connectivity index (χ3n) is 7.37. The fraction of sp³-hybridized carbons (Fsp3) is 0.519. The van der Waals surface area contributed by atoms with Crippen LogP contribution >= 0.6 is 0 Å². The lowest BCUT2D eigenvalue weighted by molar-refractivity contribution is -0.143. The minimum Gasteiger partial charge on any atom is -0.379 e. The maximum absolute atomic E-state index is 13.9. The molecule has 2 amide bonds. The Hall–Kier alpha value is -2.86. The molecule has 2 saturated heterocycles. The van der Waals surface area contributed by atoms with E-state index in [1.165, 1.54) is 19.2 Å². The van der Waals surface area contributed by atoms with Gasteiger partial charge in [-0.3, -0.25) is 4.90 Å². The Balaban J connectivity index is 1.60. The van der Waals surface area contributed by atoms with Gasteiger partial charge in [0.2, 0.25) is 0 Å². The van der Waals surface area contributed by atoms with E-state index in [4.69, 9.17) is 4.74 Å². The molecule has 2 fully saturated rings. The van der Waals surface area contributed by atoms with Crippen LogP contribution in [0.3, 0.4) is 0 Å². The van der Waals surface area contributed by atoms with Crippen LogP contribution in [0.25, 0.3) is 0 Å². The van der Waals surface area contributed by atoms with Gasteiger partial charge >= 0.3 is 18.4 Å². The average Bonchev–Trinajstić information content (AvgIpc) is 2.87. The van der Waals surface area contributed by atoms with Crippen molar-refractivity contribution in [3.63, 3.8) is 0 Å². The van der Waals surface area contributed by atoms with Crippen molar-refractivity contribution >= 4 is 6.03 Å². The molecule has 214 valence electrons. The molecule has 2 heterocycles. The fourth-order valence-electron chi connectivity index (χ4n) is 5.43. The molecule has 12 heteroatoms. The van der Waals surface area contributed by atoms with E-state index in [-0.39, 0.29) is 17.7 Å². The minimum absolute atomic E-state index is 0.0646. The molecule has 0 aromatic heterocycles. The highest BCUT2D eigenvalue weighted by molar-refractivity contribution is 5.75. The highest BCUT2D eigenvalue weighted by Gasteiger charge is 2.39. The summed E-state index contributed by atoms with van der Waals surface area (Å²) in [6.45, 7) is 4.28. The summed E-state index contributed by atoms with van der Waals surface area (Å²) in [6.07, 6.45) is -8.78. The van der Waals surface area contributed by atoms with Crippen LogP contribution in [-0.2, 0) is 23.6 Å². The SMILES string of the molecule is Cc1cc(F)ccc1[C@H]1C[C@@H](N2CCOCC2)CCN1C(=O)N(C)Cc1cc(C(F)(F)F)cc(C(F)(F)F)c1. The number of benzene rings is 2. The third kappa shape index (κ3) is 6.84. The largest absolute Gasteiger partial charge is 0.416 e. The van der Waals surface area contributed by atoms with Crippen LogP contribution in [0.2, 0.25) is 0 Å². The topological polar surface area (TPSA) is 36.0 Å². The Morgan fingerprint density at radius 2 is 1.59 bits per heavy atom. The Kier molecular flexibility index (Phi) is 8.46. The molecule has 0 saturated carbocycles. The van der Waals surface area contributed by atoms with E-state index in [1.807, 2.05) is 0 Å². The maximum atomic E-state index is 13.9. The molecule has 39 heavy (non-hydrogen) atoms. The highest BCUT2D eigenvalue weighted by atomic mass is 19.4. The number of rotatable bonds is 4. The van der Waals surface area contributed by atoms with Crippen LogP contribution in [0.1, 0.15) is 46.7 Å². The van der Waals surface area contributed by atoms with E-state index >= 15 is 0 Å². The van der Waals surface area contributed by atoms with Gasteiger partial charge in [0.15, 0.2) is 0 Å². The van der Waals surface area contributed by atoms with Gasteiger partial charge in [-0.15, -0.1) is 0 Å². The van der Waals surface area contributed by atoms with Crippen molar-refractivity contribution in [2.75, 3.05) is 39.9 Å². The number of amides is 2. The molecule has 0 spiro atoms. The summed E-state index contributed by atoms with van der Waals surface area (Å²) in [7, 11) is 1.35. The highest BCUT2D eigenvalue weighted by Crippen LogP contribution is 2.38. The van der Waals surface area contributed by atoms with Crippen molar-refractivity contribution in [3.8, 4) is 0 Å².